The molecule has 47 heavy (non-hydrogen) atoms. The van der Waals surface area contributed by atoms with E-state index in [0.717, 1.165) is 22.0 Å². The second-order valence-corrected chi connectivity index (χ2v) is 14.5. The molecule has 0 spiro atoms. The number of piperidine rings is 1. The van der Waals surface area contributed by atoms with Crippen molar-refractivity contribution in [1.82, 2.24) is 15.0 Å². The van der Waals surface area contributed by atoms with Crippen molar-refractivity contribution in [2.24, 2.45) is 5.92 Å². The summed E-state index contributed by atoms with van der Waals surface area (Å²) in [5, 5.41) is 7.68. The first kappa shape index (κ1) is 34.3. The van der Waals surface area contributed by atoms with Gasteiger partial charge in [0.25, 0.3) is 0 Å². The molecule has 2 aliphatic heterocycles. The zero-order valence-electron chi connectivity index (χ0n) is 26.4. The Bertz CT molecular complexity index is 1770. The molecule has 4 heterocycles. The number of hydrogen-bond acceptors (Lipinski definition) is 10. The SMILES string of the molecule is C=CC(=O)Nc1cc(N2C[C@H](CS(C)(=O)=O)[C@H]2C)c2cnc(Nc3ccnc(N4CC[C@@H](OC(F)(F)F)[C@@H](F)C4)n3)cc2c1C(C)C. The number of sulfone groups is 1. The molecule has 16 heteroatoms. The summed E-state index contributed by atoms with van der Waals surface area (Å²) in [5.41, 5.74) is 2.24. The molecular weight excluding hydrogens is 642 g/mol. The van der Waals surface area contributed by atoms with Crippen molar-refractivity contribution in [3.8, 4) is 0 Å². The highest BCUT2D eigenvalue weighted by Crippen LogP contribution is 2.43. The number of carbonyl (C=O) groups is 1. The predicted octanol–water partition coefficient (Wildman–Crippen LogP) is 5.34. The molecule has 2 aliphatic rings. The van der Waals surface area contributed by atoms with Crippen molar-refractivity contribution in [3.05, 3.63) is 48.8 Å². The molecule has 0 unspecified atom stereocenters. The van der Waals surface area contributed by atoms with E-state index in [2.05, 4.69) is 41.8 Å². The number of hydrogen-bond donors (Lipinski definition) is 2. The van der Waals surface area contributed by atoms with Gasteiger partial charge in [0.05, 0.1) is 12.3 Å². The summed E-state index contributed by atoms with van der Waals surface area (Å²) in [7, 11) is -3.16. The van der Waals surface area contributed by atoms with Crippen LogP contribution in [0.5, 0.6) is 0 Å². The first-order chi connectivity index (χ1) is 22.0. The molecule has 254 valence electrons. The number of anilines is 5. The third kappa shape index (κ3) is 7.92. The van der Waals surface area contributed by atoms with Crippen molar-refractivity contribution in [2.45, 2.75) is 57.8 Å². The summed E-state index contributed by atoms with van der Waals surface area (Å²) >= 11 is 0. The van der Waals surface area contributed by atoms with Crippen LogP contribution < -0.4 is 20.4 Å². The lowest BCUT2D eigenvalue weighted by molar-refractivity contribution is -0.349. The highest BCUT2D eigenvalue weighted by Gasteiger charge is 2.41. The topological polar surface area (TPSA) is 130 Å². The number of aromatic nitrogens is 3. The smallest absolute Gasteiger partial charge is 0.367 e. The Morgan fingerprint density at radius 3 is 2.55 bits per heavy atom. The van der Waals surface area contributed by atoms with E-state index in [9.17, 15) is 30.8 Å². The highest BCUT2D eigenvalue weighted by atomic mass is 32.2. The molecule has 0 radical (unpaired) electrons. The molecule has 4 atom stereocenters. The first-order valence-electron chi connectivity index (χ1n) is 15.1. The van der Waals surface area contributed by atoms with Gasteiger partial charge in [-0.15, -0.1) is 13.2 Å². The monoisotopic (exact) mass is 679 g/mol. The third-order valence-electron chi connectivity index (χ3n) is 8.44. The Morgan fingerprint density at radius 1 is 1.19 bits per heavy atom. The number of carbonyl (C=O) groups excluding carboxylic acids is 1. The number of alkyl halides is 4. The average molecular weight is 680 g/mol. The fourth-order valence-electron chi connectivity index (χ4n) is 6.19. The fraction of sp³-hybridized carbons (Fsp3) is 0.484. The van der Waals surface area contributed by atoms with Gasteiger partial charge in [0.15, 0.2) is 0 Å². The summed E-state index contributed by atoms with van der Waals surface area (Å²) in [4.78, 5) is 29.3. The first-order valence-corrected chi connectivity index (χ1v) is 17.2. The molecule has 0 aliphatic carbocycles. The van der Waals surface area contributed by atoms with Crippen LogP contribution >= 0.6 is 0 Å². The van der Waals surface area contributed by atoms with E-state index in [1.165, 1.54) is 23.4 Å². The number of benzene rings is 1. The Morgan fingerprint density at radius 2 is 1.94 bits per heavy atom. The zero-order chi connectivity index (χ0) is 34.3. The summed E-state index contributed by atoms with van der Waals surface area (Å²) in [6, 6.07) is 5.22. The largest absolute Gasteiger partial charge is 0.522 e. The molecule has 2 N–H and O–H groups in total. The third-order valence-corrected chi connectivity index (χ3v) is 9.48. The number of nitrogens with one attached hydrogen (secondary N) is 2. The Hall–Kier alpha value is -4.05. The number of fused-ring (bicyclic) bond motifs is 1. The minimum absolute atomic E-state index is 0.0303. The minimum atomic E-state index is -4.92. The van der Waals surface area contributed by atoms with E-state index in [1.54, 1.807) is 12.3 Å². The maximum absolute atomic E-state index is 14.6. The zero-order valence-corrected chi connectivity index (χ0v) is 27.2. The Kier molecular flexibility index (Phi) is 9.64. The molecular formula is C31H37F4N7O4S. The Balaban J connectivity index is 1.46. The number of pyridine rings is 1. The van der Waals surface area contributed by atoms with E-state index >= 15 is 0 Å². The molecule has 5 rings (SSSR count). The molecule has 0 saturated carbocycles. The van der Waals surface area contributed by atoms with Crippen LogP contribution in [0.2, 0.25) is 0 Å². The van der Waals surface area contributed by atoms with Crippen LogP contribution in [0.4, 0.5) is 46.5 Å². The lowest BCUT2D eigenvalue weighted by Crippen LogP contribution is -2.57. The van der Waals surface area contributed by atoms with Gasteiger partial charge in [-0.1, -0.05) is 20.4 Å². The second-order valence-electron chi connectivity index (χ2n) is 12.3. The van der Waals surface area contributed by atoms with E-state index in [0.29, 0.717) is 23.9 Å². The molecule has 0 bridgehead atoms. The number of nitrogens with zero attached hydrogens (tertiary/aromatic N) is 5. The van der Waals surface area contributed by atoms with Gasteiger partial charge < -0.3 is 20.4 Å². The summed E-state index contributed by atoms with van der Waals surface area (Å²) < 4.78 is 80.4. The molecule has 3 aromatic rings. The van der Waals surface area contributed by atoms with Gasteiger partial charge in [-0.3, -0.25) is 9.53 Å². The van der Waals surface area contributed by atoms with Crippen molar-refractivity contribution < 1.29 is 35.5 Å². The lowest BCUT2D eigenvalue weighted by Gasteiger charge is -2.48. The van der Waals surface area contributed by atoms with Gasteiger partial charge in [0.1, 0.15) is 33.7 Å². The van der Waals surface area contributed by atoms with Crippen LogP contribution in [0, 0.1) is 5.92 Å². The fourth-order valence-corrected chi connectivity index (χ4v) is 7.35. The normalized spacial score (nSPS) is 21.9. The average Bonchev–Trinajstić information content (AvgIpc) is 2.98. The van der Waals surface area contributed by atoms with Gasteiger partial charge >= 0.3 is 6.36 Å². The molecule has 2 fully saturated rings. The van der Waals surface area contributed by atoms with Crippen LogP contribution in [0.15, 0.2) is 43.2 Å². The van der Waals surface area contributed by atoms with Gasteiger partial charge in [-0.05, 0) is 54.5 Å². The second kappa shape index (κ2) is 13.2. The van der Waals surface area contributed by atoms with Crippen LogP contribution in [-0.4, -0.2) is 85.6 Å². The summed E-state index contributed by atoms with van der Waals surface area (Å²) in [6.07, 6.45) is -3.03. The maximum Gasteiger partial charge on any atom is 0.522 e. The quantitative estimate of drug-likeness (QED) is 0.214. The minimum Gasteiger partial charge on any atom is -0.367 e. The predicted molar refractivity (Wildman–Crippen MR) is 173 cm³/mol. The highest BCUT2D eigenvalue weighted by molar-refractivity contribution is 7.90. The van der Waals surface area contributed by atoms with Crippen molar-refractivity contribution >= 4 is 55.5 Å². The van der Waals surface area contributed by atoms with E-state index in [4.69, 9.17) is 0 Å². The standard InChI is InChI=1S/C31H37F4N7O4S/c1-6-28(43)38-23-12-24(42-14-19(18(42)4)16-47(5,44)45)21-13-37-27(11-20(21)29(23)17(2)3)39-26-7-9-36-30(40-26)41-10-8-25(22(32)15-41)46-31(33,34)35/h6-7,9,11-13,17-19,22,25H,1,8,10,14-16H2,2-5H3,(H,38,43)(H,36,37,39,40)/t18-,19-,22+,25-/m1/s1. The molecule has 11 nitrogen and oxygen atoms in total. The van der Waals surface area contributed by atoms with E-state index in [-0.39, 0.29) is 55.0 Å². The van der Waals surface area contributed by atoms with Gasteiger partial charge in [0, 0.05) is 60.5 Å². The van der Waals surface area contributed by atoms with Crippen LogP contribution in [0.25, 0.3) is 10.8 Å². The van der Waals surface area contributed by atoms with E-state index < -0.39 is 28.5 Å². The number of amides is 1. The van der Waals surface area contributed by atoms with Crippen LogP contribution in [0.1, 0.15) is 38.7 Å². The van der Waals surface area contributed by atoms with Crippen molar-refractivity contribution in [1.29, 1.82) is 0 Å². The van der Waals surface area contributed by atoms with Gasteiger partial charge in [-0.2, -0.15) is 4.98 Å². The van der Waals surface area contributed by atoms with Gasteiger partial charge in [0.2, 0.25) is 11.9 Å². The maximum atomic E-state index is 14.6. The molecule has 2 saturated heterocycles. The molecule has 2 aromatic heterocycles. The van der Waals surface area contributed by atoms with Crippen molar-refractivity contribution in [2.75, 3.05) is 52.1 Å². The number of ether oxygens (including phenoxy) is 1. The number of halogens is 4. The van der Waals surface area contributed by atoms with Crippen LogP contribution in [-0.2, 0) is 19.4 Å². The lowest BCUT2D eigenvalue weighted by atomic mass is 9.88. The van der Waals surface area contributed by atoms with E-state index in [1.807, 2.05) is 32.9 Å². The van der Waals surface area contributed by atoms with Crippen molar-refractivity contribution in [3.63, 3.8) is 0 Å². The summed E-state index contributed by atoms with van der Waals surface area (Å²) in [6.45, 7) is 9.76. The van der Waals surface area contributed by atoms with Crippen LogP contribution in [0.3, 0.4) is 0 Å². The van der Waals surface area contributed by atoms with Gasteiger partial charge in [-0.25, -0.2) is 22.8 Å². The molecule has 1 amide bonds. The molecule has 1 aromatic carbocycles. The Labute approximate surface area is 270 Å². The number of rotatable bonds is 10. The summed E-state index contributed by atoms with van der Waals surface area (Å²) in [5.74, 6) is 0.492.